The van der Waals surface area contributed by atoms with E-state index >= 15 is 0 Å². The summed E-state index contributed by atoms with van der Waals surface area (Å²) in [5.41, 5.74) is 0.734. The zero-order chi connectivity index (χ0) is 17.8. The first-order valence-electron chi connectivity index (χ1n) is 7.94. The van der Waals surface area contributed by atoms with E-state index in [9.17, 15) is 14.0 Å². The number of hydrogen-bond donors (Lipinski definition) is 2. The number of likely N-dealkylation sites (tertiary alicyclic amines) is 1. The van der Waals surface area contributed by atoms with Crippen molar-refractivity contribution < 1.29 is 14.0 Å². The van der Waals surface area contributed by atoms with E-state index in [0.717, 1.165) is 0 Å². The van der Waals surface area contributed by atoms with Gasteiger partial charge in [0.2, 0.25) is 5.91 Å². The molecule has 2 N–H and O–H groups in total. The molecule has 0 aliphatic carbocycles. The molecule has 1 atom stereocenters. The van der Waals surface area contributed by atoms with Crippen molar-refractivity contribution in [3.8, 4) is 11.3 Å². The third-order valence-corrected chi connectivity index (χ3v) is 4.14. The second kappa shape index (κ2) is 7.25. The molecule has 3 amide bonds. The highest BCUT2D eigenvalue weighted by Crippen LogP contribution is 2.21. The highest BCUT2D eigenvalue weighted by molar-refractivity contribution is 5.89. The maximum atomic E-state index is 13.7. The molecule has 3 rings (SSSR count). The summed E-state index contributed by atoms with van der Waals surface area (Å²) in [7, 11) is 1.58. The quantitative estimate of drug-likeness (QED) is 0.891. The van der Waals surface area contributed by atoms with Crippen LogP contribution in [0.1, 0.15) is 6.42 Å². The lowest BCUT2D eigenvalue weighted by Gasteiger charge is -2.16. The van der Waals surface area contributed by atoms with Crippen molar-refractivity contribution >= 4 is 17.8 Å². The second-order valence-electron chi connectivity index (χ2n) is 5.76. The van der Waals surface area contributed by atoms with Gasteiger partial charge in [-0.2, -0.15) is 0 Å². The van der Waals surface area contributed by atoms with Gasteiger partial charge in [-0.1, -0.05) is 12.1 Å². The van der Waals surface area contributed by atoms with E-state index in [1.807, 2.05) is 0 Å². The number of rotatable bonds is 3. The summed E-state index contributed by atoms with van der Waals surface area (Å²) in [4.78, 5) is 25.4. The Morgan fingerprint density at radius 3 is 2.68 bits per heavy atom. The predicted octanol–water partition coefficient (Wildman–Crippen LogP) is 1.88. The molecule has 0 spiro atoms. The van der Waals surface area contributed by atoms with E-state index in [2.05, 4.69) is 20.8 Å². The minimum Gasteiger partial charge on any atom is -0.359 e. The number of nitrogens with one attached hydrogen (secondary N) is 2. The number of anilines is 1. The Bertz CT molecular complexity index is 781. The van der Waals surface area contributed by atoms with Crippen LogP contribution in [0.5, 0.6) is 0 Å². The molecule has 7 nitrogen and oxygen atoms in total. The summed E-state index contributed by atoms with van der Waals surface area (Å²) < 4.78 is 13.7. The number of aromatic nitrogens is 2. The number of urea groups is 1. The van der Waals surface area contributed by atoms with Crippen LogP contribution in [0.25, 0.3) is 11.3 Å². The van der Waals surface area contributed by atoms with Crippen molar-refractivity contribution in [1.82, 2.24) is 20.4 Å². The highest BCUT2D eigenvalue weighted by atomic mass is 19.1. The fourth-order valence-electron chi connectivity index (χ4n) is 2.76. The average Bonchev–Trinajstić information content (AvgIpc) is 3.12. The summed E-state index contributed by atoms with van der Waals surface area (Å²) in [6.45, 7) is 0.872. The predicted molar refractivity (Wildman–Crippen MR) is 90.2 cm³/mol. The summed E-state index contributed by atoms with van der Waals surface area (Å²) in [6, 6.07) is 9.11. The molecule has 8 heteroatoms. The maximum Gasteiger partial charge on any atom is 0.323 e. The number of benzene rings is 1. The molecule has 0 saturated carbocycles. The van der Waals surface area contributed by atoms with Crippen molar-refractivity contribution in [1.29, 1.82) is 0 Å². The minimum atomic E-state index is -0.383. The Morgan fingerprint density at radius 1 is 1.20 bits per heavy atom. The van der Waals surface area contributed by atoms with Crippen LogP contribution in [0.3, 0.4) is 0 Å². The van der Waals surface area contributed by atoms with Crippen LogP contribution < -0.4 is 10.6 Å². The number of nitrogens with zero attached hydrogens (tertiary/aromatic N) is 3. The van der Waals surface area contributed by atoms with E-state index in [-0.39, 0.29) is 29.5 Å². The molecule has 1 saturated heterocycles. The van der Waals surface area contributed by atoms with Gasteiger partial charge in [0, 0.05) is 25.7 Å². The normalized spacial score (nSPS) is 16.6. The molecule has 0 radical (unpaired) electrons. The minimum absolute atomic E-state index is 0.0654. The molecule has 1 aliphatic heterocycles. The molecule has 1 aliphatic rings. The molecule has 0 bridgehead atoms. The van der Waals surface area contributed by atoms with Crippen molar-refractivity contribution in [2.75, 3.05) is 25.5 Å². The van der Waals surface area contributed by atoms with Gasteiger partial charge in [-0.05, 0) is 30.7 Å². The topological polar surface area (TPSA) is 87.2 Å². The van der Waals surface area contributed by atoms with Gasteiger partial charge in [-0.3, -0.25) is 10.1 Å². The van der Waals surface area contributed by atoms with Crippen molar-refractivity contribution in [2.45, 2.75) is 6.42 Å². The Kier molecular flexibility index (Phi) is 4.87. The molecular weight excluding hydrogens is 325 g/mol. The Balaban J connectivity index is 1.63. The maximum absolute atomic E-state index is 13.7. The largest absolute Gasteiger partial charge is 0.359 e. The fraction of sp³-hybridized carbons (Fsp3) is 0.294. The number of carbonyl (C=O) groups excluding carboxylic acids is 2. The van der Waals surface area contributed by atoms with Gasteiger partial charge in [0.1, 0.15) is 5.82 Å². The Labute approximate surface area is 144 Å². The van der Waals surface area contributed by atoms with E-state index < -0.39 is 0 Å². The highest BCUT2D eigenvalue weighted by Gasteiger charge is 2.30. The first kappa shape index (κ1) is 16.8. The third kappa shape index (κ3) is 3.73. The zero-order valence-electron chi connectivity index (χ0n) is 13.7. The molecular formula is C17H18FN5O2. The Hall–Kier alpha value is -3.03. The standard InChI is InChI=1S/C17H18FN5O2/c1-19-16(24)11-8-9-23(10-11)17(25)20-15-7-6-14(21-22-15)12-4-2-3-5-13(12)18/h2-7,11H,8-10H2,1H3,(H,19,24)(H,20,22,25)/t11-/m0/s1. The summed E-state index contributed by atoms with van der Waals surface area (Å²) in [5.74, 6) is -0.367. The van der Waals surface area contributed by atoms with Crippen LogP contribution in [0.15, 0.2) is 36.4 Å². The van der Waals surface area contributed by atoms with Crippen LogP contribution >= 0.6 is 0 Å². The Morgan fingerprint density at radius 2 is 2.00 bits per heavy atom. The van der Waals surface area contributed by atoms with Crippen LogP contribution in [-0.4, -0.2) is 47.2 Å². The molecule has 1 aromatic carbocycles. The van der Waals surface area contributed by atoms with E-state index in [4.69, 9.17) is 0 Å². The summed E-state index contributed by atoms with van der Waals surface area (Å²) in [5, 5.41) is 13.1. The first-order chi connectivity index (χ1) is 12.1. The molecule has 0 unspecified atom stereocenters. The summed E-state index contributed by atoms with van der Waals surface area (Å²) >= 11 is 0. The van der Waals surface area contributed by atoms with Crippen LogP contribution in [-0.2, 0) is 4.79 Å². The van der Waals surface area contributed by atoms with Crippen molar-refractivity contribution in [3.63, 3.8) is 0 Å². The van der Waals surface area contributed by atoms with Crippen LogP contribution in [0, 0.1) is 11.7 Å². The second-order valence-corrected chi connectivity index (χ2v) is 5.76. The van der Waals surface area contributed by atoms with E-state index in [0.29, 0.717) is 30.8 Å². The van der Waals surface area contributed by atoms with Gasteiger partial charge < -0.3 is 10.2 Å². The number of carbonyl (C=O) groups is 2. The van der Waals surface area contributed by atoms with Gasteiger partial charge in [0.05, 0.1) is 11.6 Å². The van der Waals surface area contributed by atoms with Crippen molar-refractivity contribution in [3.05, 3.63) is 42.2 Å². The SMILES string of the molecule is CNC(=O)[C@H]1CCN(C(=O)Nc2ccc(-c3ccccc3F)nn2)C1. The number of halogens is 1. The lowest BCUT2D eigenvalue weighted by atomic mass is 10.1. The van der Waals surface area contributed by atoms with Gasteiger partial charge in [0.25, 0.3) is 0 Å². The van der Waals surface area contributed by atoms with Gasteiger partial charge >= 0.3 is 6.03 Å². The zero-order valence-corrected chi connectivity index (χ0v) is 13.7. The van der Waals surface area contributed by atoms with E-state index in [1.54, 1.807) is 42.3 Å². The number of amides is 3. The van der Waals surface area contributed by atoms with Gasteiger partial charge in [-0.15, -0.1) is 10.2 Å². The molecule has 2 heterocycles. The summed E-state index contributed by atoms with van der Waals surface area (Å²) in [6.07, 6.45) is 0.630. The van der Waals surface area contributed by atoms with E-state index in [1.165, 1.54) is 6.07 Å². The average molecular weight is 343 g/mol. The van der Waals surface area contributed by atoms with Gasteiger partial charge in [-0.25, -0.2) is 9.18 Å². The molecule has 1 fully saturated rings. The lowest BCUT2D eigenvalue weighted by Crippen LogP contribution is -2.35. The molecule has 130 valence electrons. The van der Waals surface area contributed by atoms with Gasteiger partial charge in [0.15, 0.2) is 5.82 Å². The molecule has 1 aromatic heterocycles. The van der Waals surface area contributed by atoms with Crippen LogP contribution in [0.2, 0.25) is 0 Å². The monoisotopic (exact) mass is 343 g/mol. The van der Waals surface area contributed by atoms with Crippen molar-refractivity contribution in [2.24, 2.45) is 5.92 Å². The lowest BCUT2D eigenvalue weighted by molar-refractivity contribution is -0.124. The molecule has 2 aromatic rings. The molecule has 25 heavy (non-hydrogen) atoms. The smallest absolute Gasteiger partial charge is 0.323 e. The van der Waals surface area contributed by atoms with Crippen LogP contribution in [0.4, 0.5) is 15.0 Å². The number of hydrogen-bond acceptors (Lipinski definition) is 4. The third-order valence-electron chi connectivity index (χ3n) is 4.14. The first-order valence-corrected chi connectivity index (χ1v) is 7.94. The fourth-order valence-corrected chi connectivity index (χ4v) is 2.76.